The molecule has 0 fully saturated rings. The molecule has 0 radical (unpaired) electrons. The van der Waals surface area contributed by atoms with Crippen LogP contribution in [0.2, 0.25) is 0 Å². The van der Waals surface area contributed by atoms with Crippen molar-refractivity contribution in [3.63, 3.8) is 0 Å². The molecule has 20 heavy (non-hydrogen) atoms. The number of aryl methyl sites for hydroxylation is 1. The molecule has 0 aliphatic rings. The Kier molecular flexibility index (Phi) is 5.09. The first-order valence-electron chi connectivity index (χ1n) is 6.91. The molecule has 108 valence electrons. The van der Waals surface area contributed by atoms with Gasteiger partial charge in [0.2, 0.25) is 0 Å². The van der Waals surface area contributed by atoms with E-state index in [1.54, 1.807) is 11.3 Å². The van der Waals surface area contributed by atoms with E-state index >= 15 is 0 Å². The van der Waals surface area contributed by atoms with Gasteiger partial charge < -0.3 is 10.2 Å². The van der Waals surface area contributed by atoms with Crippen molar-refractivity contribution in [2.75, 3.05) is 18.5 Å². The van der Waals surface area contributed by atoms with Crippen LogP contribution in [0.5, 0.6) is 0 Å². The fourth-order valence-corrected chi connectivity index (χ4v) is 2.71. The Balaban J connectivity index is 2.01. The molecular formula is C15H22N4S. The number of anilines is 1. The summed E-state index contributed by atoms with van der Waals surface area (Å²) >= 11 is 1.69. The molecule has 5 heteroatoms. The van der Waals surface area contributed by atoms with Gasteiger partial charge in [0.15, 0.2) is 0 Å². The van der Waals surface area contributed by atoms with Crippen molar-refractivity contribution in [2.24, 2.45) is 0 Å². The molecule has 0 spiro atoms. The third-order valence-electron chi connectivity index (χ3n) is 3.23. The second-order valence-electron chi connectivity index (χ2n) is 4.93. The van der Waals surface area contributed by atoms with E-state index in [4.69, 9.17) is 0 Å². The zero-order valence-electron chi connectivity index (χ0n) is 12.6. The van der Waals surface area contributed by atoms with Gasteiger partial charge in [-0.1, -0.05) is 6.92 Å². The highest BCUT2D eigenvalue weighted by Crippen LogP contribution is 2.18. The maximum Gasteiger partial charge on any atom is 0.0898 e. The summed E-state index contributed by atoms with van der Waals surface area (Å²) < 4.78 is 0. The normalized spacial score (nSPS) is 12.4. The number of rotatable bonds is 6. The summed E-state index contributed by atoms with van der Waals surface area (Å²) in [6.07, 6.45) is 1.93. The van der Waals surface area contributed by atoms with Crippen molar-refractivity contribution < 1.29 is 0 Å². The molecule has 4 nitrogen and oxygen atoms in total. The highest BCUT2D eigenvalue weighted by Gasteiger charge is 2.08. The summed E-state index contributed by atoms with van der Waals surface area (Å²) in [4.78, 5) is 11.2. The number of aromatic nitrogens is 2. The Morgan fingerprint density at radius 3 is 2.75 bits per heavy atom. The molecule has 0 amide bonds. The Morgan fingerprint density at radius 1 is 1.40 bits per heavy atom. The van der Waals surface area contributed by atoms with E-state index in [0.717, 1.165) is 35.2 Å². The zero-order valence-corrected chi connectivity index (χ0v) is 13.4. The molecule has 0 bridgehead atoms. The maximum absolute atomic E-state index is 4.54. The number of hydrogen-bond acceptors (Lipinski definition) is 5. The molecule has 1 N–H and O–H groups in total. The molecule has 0 saturated heterocycles. The van der Waals surface area contributed by atoms with Crippen LogP contribution in [0.3, 0.4) is 0 Å². The summed E-state index contributed by atoms with van der Waals surface area (Å²) in [6.45, 7) is 8.04. The lowest BCUT2D eigenvalue weighted by atomic mass is 10.2. The molecule has 0 aliphatic heterocycles. The Labute approximate surface area is 124 Å². The van der Waals surface area contributed by atoms with Crippen molar-refractivity contribution in [2.45, 2.75) is 33.4 Å². The lowest BCUT2D eigenvalue weighted by Gasteiger charge is -2.19. The second-order valence-corrected chi connectivity index (χ2v) is 6.00. The third-order valence-corrected chi connectivity index (χ3v) is 4.05. The largest absolute Gasteiger partial charge is 0.367 e. The van der Waals surface area contributed by atoms with Gasteiger partial charge in [-0.3, -0.25) is 4.98 Å². The van der Waals surface area contributed by atoms with Crippen molar-refractivity contribution in [1.29, 1.82) is 0 Å². The van der Waals surface area contributed by atoms with Gasteiger partial charge in [0.25, 0.3) is 0 Å². The molecule has 2 aromatic rings. The first-order valence-corrected chi connectivity index (χ1v) is 7.79. The highest BCUT2D eigenvalue weighted by atomic mass is 32.1. The monoisotopic (exact) mass is 290 g/mol. The van der Waals surface area contributed by atoms with Crippen LogP contribution in [0.15, 0.2) is 23.7 Å². The summed E-state index contributed by atoms with van der Waals surface area (Å²) in [5.41, 5.74) is 3.30. The van der Waals surface area contributed by atoms with Crippen LogP contribution in [0, 0.1) is 6.92 Å². The number of nitrogens with one attached hydrogen (secondary N) is 1. The van der Waals surface area contributed by atoms with E-state index in [-0.39, 0.29) is 0 Å². The fraction of sp³-hybridized carbons (Fsp3) is 0.467. The summed E-state index contributed by atoms with van der Waals surface area (Å²) in [5.74, 6) is 0. The average Bonchev–Trinajstić information content (AvgIpc) is 2.84. The quantitative estimate of drug-likeness (QED) is 0.887. The molecular weight excluding hydrogens is 268 g/mol. The number of pyridine rings is 1. The van der Waals surface area contributed by atoms with Gasteiger partial charge in [-0.05, 0) is 32.5 Å². The van der Waals surface area contributed by atoms with Gasteiger partial charge in [0, 0.05) is 18.5 Å². The number of thiazole rings is 1. The lowest BCUT2D eigenvalue weighted by molar-refractivity contribution is 0.583. The molecule has 2 heterocycles. The standard InChI is InChI=1S/C15H22N4S/c1-5-16-11(2)15-7-6-14(8-17-15)19(4)9-13-10-20-12(3)18-13/h6-8,10-11,16H,5,9H2,1-4H3. The minimum absolute atomic E-state index is 0.292. The van der Waals surface area contributed by atoms with Crippen LogP contribution in [-0.2, 0) is 6.54 Å². The minimum atomic E-state index is 0.292. The van der Waals surface area contributed by atoms with E-state index in [0.29, 0.717) is 6.04 Å². The third kappa shape index (κ3) is 3.77. The van der Waals surface area contributed by atoms with Gasteiger partial charge in [-0.2, -0.15) is 0 Å². The number of nitrogens with zero attached hydrogens (tertiary/aromatic N) is 3. The average molecular weight is 290 g/mol. The smallest absolute Gasteiger partial charge is 0.0898 e. The Hall–Kier alpha value is -1.46. The molecule has 1 unspecified atom stereocenters. The first-order chi connectivity index (χ1) is 9.60. The van der Waals surface area contributed by atoms with Gasteiger partial charge in [-0.15, -0.1) is 11.3 Å². The molecule has 2 aromatic heterocycles. The van der Waals surface area contributed by atoms with Crippen LogP contribution in [-0.4, -0.2) is 23.6 Å². The van der Waals surface area contributed by atoms with Gasteiger partial charge in [0.1, 0.15) is 0 Å². The van der Waals surface area contributed by atoms with Crippen LogP contribution in [0.4, 0.5) is 5.69 Å². The molecule has 0 saturated carbocycles. The summed E-state index contributed by atoms with van der Waals surface area (Å²) in [7, 11) is 2.07. The molecule has 1 atom stereocenters. The van der Waals surface area contributed by atoms with Crippen molar-refractivity contribution >= 4 is 17.0 Å². The van der Waals surface area contributed by atoms with E-state index in [1.807, 2.05) is 13.1 Å². The predicted molar refractivity (Wildman–Crippen MR) is 85.3 cm³/mol. The van der Waals surface area contributed by atoms with Gasteiger partial charge >= 0.3 is 0 Å². The predicted octanol–water partition coefficient (Wildman–Crippen LogP) is 3.15. The SMILES string of the molecule is CCNC(C)c1ccc(N(C)Cc2csc(C)n2)cn1. The molecule has 0 aliphatic carbocycles. The lowest BCUT2D eigenvalue weighted by Crippen LogP contribution is -2.20. The Morgan fingerprint density at radius 2 is 2.20 bits per heavy atom. The second kappa shape index (κ2) is 6.81. The topological polar surface area (TPSA) is 41.0 Å². The van der Waals surface area contributed by atoms with E-state index in [1.165, 1.54) is 0 Å². The minimum Gasteiger partial charge on any atom is -0.367 e. The van der Waals surface area contributed by atoms with E-state index in [2.05, 4.69) is 58.6 Å². The van der Waals surface area contributed by atoms with Crippen LogP contribution >= 0.6 is 11.3 Å². The van der Waals surface area contributed by atoms with E-state index < -0.39 is 0 Å². The fourth-order valence-electron chi connectivity index (χ4n) is 2.11. The summed E-state index contributed by atoms with van der Waals surface area (Å²) in [6, 6.07) is 4.50. The van der Waals surface area contributed by atoms with Crippen molar-refractivity contribution in [3.8, 4) is 0 Å². The van der Waals surface area contributed by atoms with Crippen LogP contribution < -0.4 is 10.2 Å². The maximum atomic E-state index is 4.54. The van der Waals surface area contributed by atoms with Crippen molar-refractivity contribution in [1.82, 2.24) is 15.3 Å². The van der Waals surface area contributed by atoms with Crippen LogP contribution in [0.25, 0.3) is 0 Å². The molecule has 0 aromatic carbocycles. The first kappa shape index (κ1) is 14.9. The molecule has 2 rings (SSSR count). The van der Waals surface area contributed by atoms with Gasteiger partial charge in [0.05, 0.1) is 34.8 Å². The summed E-state index contributed by atoms with van der Waals surface area (Å²) in [5, 5.41) is 6.59. The zero-order chi connectivity index (χ0) is 14.5. The van der Waals surface area contributed by atoms with Gasteiger partial charge in [-0.25, -0.2) is 4.98 Å². The Bertz CT molecular complexity index is 535. The van der Waals surface area contributed by atoms with Crippen LogP contribution in [0.1, 0.15) is 36.3 Å². The number of hydrogen-bond donors (Lipinski definition) is 1. The highest BCUT2D eigenvalue weighted by molar-refractivity contribution is 7.09. The van der Waals surface area contributed by atoms with E-state index in [9.17, 15) is 0 Å². The van der Waals surface area contributed by atoms with Crippen molar-refractivity contribution in [3.05, 3.63) is 40.1 Å².